The summed E-state index contributed by atoms with van der Waals surface area (Å²) in [5.74, 6) is 0. The Morgan fingerprint density at radius 2 is 1.78 bits per heavy atom. The minimum atomic E-state index is -1.91. The van der Waals surface area contributed by atoms with Crippen LogP contribution in [0.5, 0.6) is 0 Å². The molecule has 0 heterocycles. The SMILES string of the molecule is OCCOC(O)C(O)O. The lowest BCUT2D eigenvalue weighted by Gasteiger charge is -2.11. The molecule has 9 heavy (non-hydrogen) atoms. The number of hydrogen-bond donors (Lipinski definition) is 4. The lowest BCUT2D eigenvalue weighted by atomic mass is 10.6. The van der Waals surface area contributed by atoms with Gasteiger partial charge in [-0.1, -0.05) is 0 Å². The van der Waals surface area contributed by atoms with Gasteiger partial charge < -0.3 is 25.2 Å². The highest BCUT2D eigenvalue weighted by atomic mass is 16.6. The van der Waals surface area contributed by atoms with Gasteiger partial charge in [-0.3, -0.25) is 0 Å². The van der Waals surface area contributed by atoms with E-state index in [0.29, 0.717) is 0 Å². The maximum Gasteiger partial charge on any atom is 0.206 e. The zero-order valence-electron chi connectivity index (χ0n) is 4.77. The molecule has 56 valence electrons. The molecule has 0 saturated carbocycles. The van der Waals surface area contributed by atoms with Crippen molar-refractivity contribution in [3.8, 4) is 0 Å². The van der Waals surface area contributed by atoms with Gasteiger partial charge in [0.15, 0.2) is 0 Å². The van der Waals surface area contributed by atoms with Gasteiger partial charge in [0, 0.05) is 0 Å². The molecule has 4 N–H and O–H groups in total. The average molecular weight is 138 g/mol. The fourth-order valence-corrected chi connectivity index (χ4v) is 0.260. The third kappa shape index (κ3) is 4.31. The minimum absolute atomic E-state index is 0.112. The molecule has 0 amide bonds. The Labute approximate surface area is 52.1 Å². The normalized spacial score (nSPS) is 14.3. The zero-order valence-corrected chi connectivity index (χ0v) is 4.77. The lowest BCUT2D eigenvalue weighted by Crippen LogP contribution is -2.29. The van der Waals surface area contributed by atoms with E-state index in [2.05, 4.69) is 4.74 Å². The standard InChI is InChI=1S/C4H10O5/c5-1-2-9-4(8)3(6)7/h3-8H,1-2H2. The van der Waals surface area contributed by atoms with Gasteiger partial charge in [-0.15, -0.1) is 0 Å². The van der Waals surface area contributed by atoms with E-state index in [9.17, 15) is 0 Å². The highest BCUT2D eigenvalue weighted by Gasteiger charge is 2.11. The van der Waals surface area contributed by atoms with E-state index in [1.807, 2.05) is 0 Å². The van der Waals surface area contributed by atoms with Crippen molar-refractivity contribution >= 4 is 0 Å². The van der Waals surface area contributed by atoms with E-state index in [0.717, 1.165) is 0 Å². The van der Waals surface area contributed by atoms with Crippen LogP contribution in [0.1, 0.15) is 0 Å². The third-order valence-corrected chi connectivity index (χ3v) is 0.635. The molecule has 0 radical (unpaired) electrons. The van der Waals surface area contributed by atoms with Gasteiger partial charge in [0.2, 0.25) is 12.6 Å². The molecule has 0 aromatic carbocycles. The number of aliphatic hydroxyl groups is 4. The zero-order chi connectivity index (χ0) is 7.28. The predicted octanol–water partition coefficient (Wildman–Crippen LogP) is -2.38. The molecular weight excluding hydrogens is 128 g/mol. The minimum Gasteiger partial charge on any atom is -0.394 e. The summed E-state index contributed by atoms with van der Waals surface area (Å²) in [7, 11) is 0. The summed E-state index contributed by atoms with van der Waals surface area (Å²) in [6.45, 7) is -0.372. The summed E-state index contributed by atoms with van der Waals surface area (Å²) >= 11 is 0. The molecule has 1 atom stereocenters. The highest BCUT2D eigenvalue weighted by molar-refractivity contribution is 4.39. The topological polar surface area (TPSA) is 90.2 Å². The fourth-order valence-electron chi connectivity index (χ4n) is 0.260. The van der Waals surface area contributed by atoms with E-state index >= 15 is 0 Å². The van der Waals surface area contributed by atoms with Gasteiger partial charge in [0.25, 0.3) is 0 Å². The van der Waals surface area contributed by atoms with Crippen molar-refractivity contribution in [2.75, 3.05) is 13.2 Å². The van der Waals surface area contributed by atoms with Crippen molar-refractivity contribution in [1.82, 2.24) is 0 Å². The molecule has 0 aliphatic rings. The molecule has 5 heteroatoms. The molecule has 0 aliphatic carbocycles. The van der Waals surface area contributed by atoms with E-state index in [1.54, 1.807) is 0 Å². The largest absolute Gasteiger partial charge is 0.394 e. The average Bonchev–Trinajstić information content (AvgIpc) is 1.82. The Balaban J connectivity index is 3.16. The van der Waals surface area contributed by atoms with Crippen LogP contribution in [-0.2, 0) is 4.74 Å². The van der Waals surface area contributed by atoms with Crippen molar-refractivity contribution in [3.63, 3.8) is 0 Å². The van der Waals surface area contributed by atoms with Crippen LogP contribution in [0.2, 0.25) is 0 Å². The second-order valence-electron chi connectivity index (χ2n) is 1.40. The van der Waals surface area contributed by atoms with Gasteiger partial charge in [-0.25, -0.2) is 0 Å². The van der Waals surface area contributed by atoms with Crippen LogP contribution in [0.3, 0.4) is 0 Å². The molecule has 0 aromatic rings. The first-order valence-electron chi connectivity index (χ1n) is 2.45. The summed E-state index contributed by atoms with van der Waals surface area (Å²) in [4.78, 5) is 0. The summed E-state index contributed by atoms with van der Waals surface area (Å²) in [5.41, 5.74) is 0. The number of ether oxygens (including phenoxy) is 1. The van der Waals surface area contributed by atoms with Gasteiger partial charge >= 0.3 is 0 Å². The number of aliphatic hydroxyl groups excluding tert-OH is 3. The Morgan fingerprint density at radius 1 is 1.22 bits per heavy atom. The number of hydrogen-bond acceptors (Lipinski definition) is 5. The summed E-state index contributed by atoms with van der Waals surface area (Å²) in [6.07, 6.45) is -3.53. The first kappa shape index (κ1) is 8.80. The predicted molar refractivity (Wildman–Crippen MR) is 27.3 cm³/mol. The number of rotatable bonds is 4. The quantitative estimate of drug-likeness (QED) is 0.326. The van der Waals surface area contributed by atoms with Crippen molar-refractivity contribution < 1.29 is 25.2 Å². The molecule has 0 fully saturated rings. The van der Waals surface area contributed by atoms with Gasteiger partial charge in [0.05, 0.1) is 13.2 Å². The molecule has 0 spiro atoms. The van der Waals surface area contributed by atoms with Gasteiger partial charge in [-0.2, -0.15) is 0 Å². The fraction of sp³-hybridized carbons (Fsp3) is 1.00. The Kier molecular flexibility index (Phi) is 4.55. The van der Waals surface area contributed by atoms with E-state index in [4.69, 9.17) is 20.4 Å². The maximum atomic E-state index is 8.42. The molecule has 1 unspecified atom stereocenters. The lowest BCUT2D eigenvalue weighted by molar-refractivity contribution is -0.233. The van der Waals surface area contributed by atoms with Gasteiger partial charge in [-0.05, 0) is 0 Å². The molecule has 0 saturated heterocycles. The highest BCUT2D eigenvalue weighted by Crippen LogP contribution is 1.89. The monoisotopic (exact) mass is 138 g/mol. The van der Waals surface area contributed by atoms with Crippen LogP contribution in [0.15, 0.2) is 0 Å². The van der Waals surface area contributed by atoms with E-state index in [-0.39, 0.29) is 13.2 Å². The Bertz CT molecular complexity index is 64.0. The first-order chi connectivity index (χ1) is 4.18. The van der Waals surface area contributed by atoms with Crippen LogP contribution in [-0.4, -0.2) is 46.2 Å². The molecule has 0 bridgehead atoms. The van der Waals surface area contributed by atoms with Crippen LogP contribution in [0, 0.1) is 0 Å². The van der Waals surface area contributed by atoms with Crippen molar-refractivity contribution in [2.24, 2.45) is 0 Å². The Hall–Kier alpha value is -0.200. The Morgan fingerprint density at radius 3 is 2.11 bits per heavy atom. The summed E-state index contributed by atoms with van der Waals surface area (Å²) in [6, 6.07) is 0. The summed E-state index contributed by atoms with van der Waals surface area (Å²) < 4.78 is 4.26. The van der Waals surface area contributed by atoms with Crippen LogP contribution in [0.25, 0.3) is 0 Å². The van der Waals surface area contributed by atoms with E-state index < -0.39 is 12.6 Å². The van der Waals surface area contributed by atoms with Crippen molar-refractivity contribution in [3.05, 3.63) is 0 Å². The molecule has 0 rings (SSSR count). The third-order valence-electron chi connectivity index (χ3n) is 0.635. The maximum absolute atomic E-state index is 8.42. The second kappa shape index (κ2) is 4.66. The molecule has 0 aromatic heterocycles. The van der Waals surface area contributed by atoms with E-state index in [1.165, 1.54) is 0 Å². The van der Waals surface area contributed by atoms with Crippen molar-refractivity contribution in [2.45, 2.75) is 12.6 Å². The van der Waals surface area contributed by atoms with Crippen LogP contribution < -0.4 is 0 Å². The second-order valence-corrected chi connectivity index (χ2v) is 1.40. The molecule has 0 aliphatic heterocycles. The van der Waals surface area contributed by atoms with Gasteiger partial charge in [0.1, 0.15) is 0 Å². The molecule has 5 nitrogen and oxygen atoms in total. The first-order valence-corrected chi connectivity index (χ1v) is 2.45. The smallest absolute Gasteiger partial charge is 0.206 e. The van der Waals surface area contributed by atoms with Crippen molar-refractivity contribution in [1.29, 1.82) is 0 Å². The summed E-state index contributed by atoms with van der Waals surface area (Å²) in [5, 5.41) is 32.8. The van der Waals surface area contributed by atoms with Crippen LogP contribution in [0.4, 0.5) is 0 Å². The molecular formula is C4H10O5. The van der Waals surface area contributed by atoms with Crippen LogP contribution >= 0.6 is 0 Å².